The van der Waals surface area contributed by atoms with Gasteiger partial charge in [-0.2, -0.15) is 0 Å². The lowest BCUT2D eigenvalue weighted by Crippen LogP contribution is -2.41. The zero-order valence-electron chi connectivity index (χ0n) is 10.6. The lowest BCUT2D eigenvalue weighted by atomic mass is 10.2. The fourth-order valence-electron chi connectivity index (χ4n) is 1.57. The molecule has 3 N–H and O–H groups in total. The Morgan fingerprint density at radius 1 is 1.21 bits per heavy atom. The van der Waals surface area contributed by atoms with Gasteiger partial charge >= 0.3 is 12.0 Å². The first kappa shape index (κ1) is 15.0. The second kappa shape index (κ2) is 8.10. The van der Waals surface area contributed by atoms with Crippen molar-refractivity contribution >= 4 is 12.0 Å². The molecule has 0 radical (unpaired) electrons. The standard InChI is InChI=1S/C13H18N2O4/c16-9-8-15(10-11-4-2-1-3-5-11)13(19)14-7-6-12(17)18/h1-5,16H,6-10H2,(H,14,19)(H,17,18). The molecule has 19 heavy (non-hydrogen) atoms. The van der Waals surface area contributed by atoms with E-state index in [1.165, 1.54) is 4.90 Å². The summed E-state index contributed by atoms with van der Waals surface area (Å²) in [5, 5.41) is 20.0. The molecule has 0 bridgehead atoms. The van der Waals surface area contributed by atoms with Crippen LogP contribution in [0, 0.1) is 0 Å². The summed E-state index contributed by atoms with van der Waals surface area (Å²) in [5.41, 5.74) is 0.948. The molecule has 0 aliphatic rings. The number of carbonyl (C=O) groups is 2. The molecule has 2 amide bonds. The summed E-state index contributed by atoms with van der Waals surface area (Å²) in [4.78, 5) is 23.6. The third-order valence-electron chi connectivity index (χ3n) is 2.49. The molecule has 1 aromatic carbocycles. The van der Waals surface area contributed by atoms with Crippen LogP contribution in [0.15, 0.2) is 30.3 Å². The Balaban J connectivity index is 2.51. The number of urea groups is 1. The number of aliphatic carboxylic acids is 1. The van der Waals surface area contributed by atoms with Crippen LogP contribution in [0.25, 0.3) is 0 Å². The van der Waals surface area contributed by atoms with Crippen LogP contribution in [-0.4, -0.2) is 46.8 Å². The van der Waals surface area contributed by atoms with Crippen LogP contribution in [0.1, 0.15) is 12.0 Å². The number of carboxylic acids is 1. The van der Waals surface area contributed by atoms with Crippen molar-refractivity contribution in [3.63, 3.8) is 0 Å². The highest BCUT2D eigenvalue weighted by Gasteiger charge is 2.13. The molecule has 0 heterocycles. The Hall–Kier alpha value is -2.08. The first-order chi connectivity index (χ1) is 9.13. The summed E-state index contributed by atoms with van der Waals surface area (Å²) in [6.45, 7) is 0.512. The monoisotopic (exact) mass is 266 g/mol. The maximum absolute atomic E-state index is 11.8. The van der Waals surface area contributed by atoms with Gasteiger partial charge in [-0.05, 0) is 5.56 Å². The quantitative estimate of drug-likeness (QED) is 0.676. The molecule has 0 aliphatic heterocycles. The first-order valence-corrected chi connectivity index (χ1v) is 6.03. The van der Waals surface area contributed by atoms with Crippen molar-refractivity contribution in [2.24, 2.45) is 0 Å². The molecule has 0 fully saturated rings. The van der Waals surface area contributed by atoms with Gasteiger partial charge in [0.1, 0.15) is 0 Å². The Bertz CT molecular complexity index is 408. The van der Waals surface area contributed by atoms with Gasteiger partial charge in [0, 0.05) is 19.6 Å². The van der Waals surface area contributed by atoms with Crippen LogP contribution in [0.2, 0.25) is 0 Å². The molecule has 0 aromatic heterocycles. The number of hydrogen-bond acceptors (Lipinski definition) is 3. The van der Waals surface area contributed by atoms with Gasteiger partial charge in [-0.1, -0.05) is 30.3 Å². The Kier molecular flexibility index (Phi) is 6.38. The summed E-state index contributed by atoms with van der Waals surface area (Å²) in [5.74, 6) is -0.961. The molecule has 0 atom stereocenters. The van der Waals surface area contributed by atoms with E-state index in [0.29, 0.717) is 6.54 Å². The Labute approximate surface area is 111 Å². The summed E-state index contributed by atoms with van der Waals surface area (Å²) in [6.07, 6.45) is -0.121. The van der Waals surface area contributed by atoms with Crippen LogP contribution in [0.3, 0.4) is 0 Å². The molecule has 0 aliphatic carbocycles. The van der Waals surface area contributed by atoms with Crippen molar-refractivity contribution in [1.82, 2.24) is 10.2 Å². The minimum absolute atomic E-state index is 0.0743. The van der Waals surface area contributed by atoms with Crippen LogP contribution >= 0.6 is 0 Å². The summed E-state index contributed by atoms with van der Waals surface area (Å²) >= 11 is 0. The van der Waals surface area contributed by atoms with E-state index in [4.69, 9.17) is 10.2 Å². The van der Waals surface area contributed by atoms with Gasteiger partial charge < -0.3 is 20.4 Å². The summed E-state index contributed by atoms with van der Waals surface area (Å²) in [7, 11) is 0. The van der Waals surface area contributed by atoms with Crippen molar-refractivity contribution in [2.75, 3.05) is 19.7 Å². The largest absolute Gasteiger partial charge is 0.481 e. The molecule has 0 saturated heterocycles. The minimum Gasteiger partial charge on any atom is -0.481 e. The van der Waals surface area contributed by atoms with E-state index in [-0.39, 0.29) is 32.1 Å². The summed E-state index contributed by atoms with van der Waals surface area (Å²) in [6, 6.07) is 9.01. The summed E-state index contributed by atoms with van der Waals surface area (Å²) < 4.78 is 0. The SMILES string of the molecule is O=C(O)CCNC(=O)N(CCO)Cc1ccccc1. The number of carbonyl (C=O) groups excluding carboxylic acids is 1. The van der Waals surface area contributed by atoms with E-state index >= 15 is 0 Å². The number of nitrogens with one attached hydrogen (secondary N) is 1. The van der Waals surface area contributed by atoms with Crippen molar-refractivity contribution < 1.29 is 19.8 Å². The number of rotatable bonds is 7. The third-order valence-corrected chi connectivity index (χ3v) is 2.49. The average Bonchev–Trinajstić information content (AvgIpc) is 2.39. The number of benzene rings is 1. The van der Waals surface area contributed by atoms with Crippen molar-refractivity contribution in [2.45, 2.75) is 13.0 Å². The van der Waals surface area contributed by atoms with E-state index in [9.17, 15) is 9.59 Å². The van der Waals surface area contributed by atoms with E-state index < -0.39 is 5.97 Å². The number of aliphatic hydroxyl groups excluding tert-OH is 1. The molecule has 1 rings (SSSR count). The number of amides is 2. The van der Waals surface area contributed by atoms with E-state index in [0.717, 1.165) is 5.56 Å². The molecule has 0 unspecified atom stereocenters. The molecule has 6 nitrogen and oxygen atoms in total. The molecule has 1 aromatic rings. The van der Waals surface area contributed by atoms with Crippen molar-refractivity contribution in [3.8, 4) is 0 Å². The highest BCUT2D eigenvalue weighted by molar-refractivity contribution is 5.75. The van der Waals surface area contributed by atoms with Gasteiger partial charge in [-0.3, -0.25) is 4.79 Å². The molecule has 6 heteroatoms. The zero-order chi connectivity index (χ0) is 14.1. The fraction of sp³-hybridized carbons (Fsp3) is 0.385. The van der Waals surface area contributed by atoms with E-state index in [2.05, 4.69) is 5.32 Å². The fourth-order valence-corrected chi connectivity index (χ4v) is 1.57. The molecular weight excluding hydrogens is 248 g/mol. The lowest BCUT2D eigenvalue weighted by molar-refractivity contribution is -0.136. The maximum atomic E-state index is 11.8. The smallest absolute Gasteiger partial charge is 0.317 e. The van der Waals surface area contributed by atoms with Gasteiger partial charge in [0.2, 0.25) is 0 Å². The van der Waals surface area contributed by atoms with Crippen molar-refractivity contribution in [1.29, 1.82) is 0 Å². The van der Waals surface area contributed by atoms with Crippen LogP contribution in [0.5, 0.6) is 0 Å². The van der Waals surface area contributed by atoms with Gasteiger partial charge in [-0.25, -0.2) is 4.79 Å². The molecule has 104 valence electrons. The van der Waals surface area contributed by atoms with Crippen molar-refractivity contribution in [3.05, 3.63) is 35.9 Å². The number of hydrogen-bond donors (Lipinski definition) is 3. The number of aliphatic hydroxyl groups is 1. The van der Waals surface area contributed by atoms with Crippen LogP contribution in [0.4, 0.5) is 4.79 Å². The van der Waals surface area contributed by atoms with Crippen LogP contribution in [-0.2, 0) is 11.3 Å². The maximum Gasteiger partial charge on any atom is 0.317 e. The normalized spacial score (nSPS) is 9.95. The predicted octanol–water partition coefficient (Wildman–Crippen LogP) is 0.665. The Morgan fingerprint density at radius 3 is 2.47 bits per heavy atom. The number of nitrogens with zero attached hydrogens (tertiary/aromatic N) is 1. The average molecular weight is 266 g/mol. The van der Waals surface area contributed by atoms with Gasteiger partial charge in [-0.15, -0.1) is 0 Å². The third kappa shape index (κ3) is 5.87. The first-order valence-electron chi connectivity index (χ1n) is 6.03. The molecule has 0 spiro atoms. The van der Waals surface area contributed by atoms with E-state index in [1.807, 2.05) is 30.3 Å². The highest BCUT2D eigenvalue weighted by Crippen LogP contribution is 2.04. The van der Waals surface area contributed by atoms with Crippen LogP contribution < -0.4 is 5.32 Å². The Morgan fingerprint density at radius 2 is 1.89 bits per heavy atom. The second-order valence-corrected chi connectivity index (χ2v) is 4.01. The second-order valence-electron chi connectivity index (χ2n) is 4.01. The van der Waals surface area contributed by atoms with Gasteiger partial charge in [0.25, 0.3) is 0 Å². The zero-order valence-corrected chi connectivity index (χ0v) is 10.6. The topological polar surface area (TPSA) is 89.9 Å². The molecule has 0 saturated carbocycles. The van der Waals surface area contributed by atoms with Gasteiger partial charge in [0.15, 0.2) is 0 Å². The minimum atomic E-state index is -0.961. The van der Waals surface area contributed by atoms with Gasteiger partial charge in [0.05, 0.1) is 13.0 Å². The highest BCUT2D eigenvalue weighted by atomic mass is 16.4. The lowest BCUT2D eigenvalue weighted by Gasteiger charge is -2.22. The number of carboxylic acid groups (broad SMARTS) is 1. The van der Waals surface area contributed by atoms with E-state index in [1.54, 1.807) is 0 Å². The predicted molar refractivity (Wildman–Crippen MR) is 69.6 cm³/mol. The molecular formula is C13H18N2O4.